The fourth-order valence-corrected chi connectivity index (χ4v) is 2.57. The molecule has 7 nitrogen and oxygen atoms in total. The highest BCUT2D eigenvalue weighted by Crippen LogP contribution is 2.21. The van der Waals surface area contributed by atoms with Crippen LogP contribution in [0.1, 0.15) is 27.6 Å². The van der Waals surface area contributed by atoms with Gasteiger partial charge < -0.3 is 14.5 Å². The molecule has 0 unspecified atom stereocenters. The van der Waals surface area contributed by atoms with Crippen molar-refractivity contribution in [1.82, 2.24) is 14.7 Å². The number of ether oxygens (including phenoxy) is 1. The largest absolute Gasteiger partial charge is 0.372 e. The smallest absolute Gasteiger partial charge is 0.261 e. The van der Waals surface area contributed by atoms with Gasteiger partial charge in [-0.15, -0.1) is 0 Å². The fraction of sp³-hybridized carbons (Fsp3) is 0.500. The number of nitrogens with zero attached hydrogens (tertiary/aromatic N) is 3. The molecule has 1 aromatic rings. The molecule has 25 heavy (non-hydrogen) atoms. The van der Waals surface area contributed by atoms with Crippen molar-refractivity contribution in [2.75, 3.05) is 53.5 Å². The molecule has 3 amide bonds. The zero-order valence-corrected chi connectivity index (χ0v) is 15.0. The van der Waals surface area contributed by atoms with Gasteiger partial charge in [-0.25, -0.2) is 0 Å². The highest BCUT2D eigenvalue weighted by molar-refractivity contribution is 6.21. The first-order valence-electron chi connectivity index (χ1n) is 8.41. The van der Waals surface area contributed by atoms with Crippen LogP contribution in [-0.4, -0.2) is 85.9 Å². The van der Waals surface area contributed by atoms with E-state index in [4.69, 9.17) is 4.74 Å². The molecular formula is C18H25N3O4. The van der Waals surface area contributed by atoms with Crippen LogP contribution in [0, 0.1) is 0 Å². The van der Waals surface area contributed by atoms with E-state index in [0.29, 0.717) is 43.9 Å². The molecule has 0 atom stereocenters. The molecule has 1 heterocycles. The lowest BCUT2D eigenvalue weighted by molar-refractivity contribution is -0.134. The van der Waals surface area contributed by atoms with E-state index in [0.717, 1.165) is 0 Å². The second kappa shape index (κ2) is 8.73. The number of imide groups is 1. The van der Waals surface area contributed by atoms with Crippen LogP contribution < -0.4 is 0 Å². The van der Waals surface area contributed by atoms with E-state index in [9.17, 15) is 14.4 Å². The first-order valence-corrected chi connectivity index (χ1v) is 8.41. The van der Waals surface area contributed by atoms with Gasteiger partial charge in [-0.05, 0) is 26.1 Å². The van der Waals surface area contributed by atoms with E-state index >= 15 is 0 Å². The number of carbonyl (C=O) groups excluding carboxylic acids is 3. The van der Waals surface area contributed by atoms with Gasteiger partial charge in [-0.2, -0.15) is 0 Å². The highest BCUT2D eigenvalue weighted by Gasteiger charge is 2.34. The van der Waals surface area contributed by atoms with Gasteiger partial charge in [0.15, 0.2) is 0 Å². The van der Waals surface area contributed by atoms with Gasteiger partial charge >= 0.3 is 0 Å². The van der Waals surface area contributed by atoms with Gasteiger partial charge in [0, 0.05) is 39.8 Å². The number of likely N-dealkylation sites (N-methyl/N-ethyl adjacent to an activating group) is 2. The summed E-state index contributed by atoms with van der Waals surface area (Å²) < 4.78 is 5.11. The zero-order valence-electron chi connectivity index (χ0n) is 15.0. The number of hydrogen-bond acceptors (Lipinski definition) is 5. The summed E-state index contributed by atoms with van der Waals surface area (Å²) in [4.78, 5) is 41.3. The van der Waals surface area contributed by atoms with Crippen molar-refractivity contribution >= 4 is 17.7 Å². The quantitative estimate of drug-likeness (QED) is 0.615. The molecular weight excluding hydrogens is 322 g/mol. The van der Waals surface area contributed by atoms with Gasteiger partial charge in [0.25, 0.3) is 11.8 Å². The molecule has 1 aliphatic heterocycles. The average molecular weight is 347 g/mol. The Hall–Kier alpha value is -2.25. The van der Waals surface area contributed by atoms with E-state index in [2.05, 4.69) is 0 Å². The Morgan fingerprint density at radius 1 is 1.04 bits per heavy atom. The molecule has 136 valence electrons. The molecule has 0 aliphatic carbocycles. The van der Waals surface area contributed by atoms with Gasteiger partial charge in [0.05, 0.1) is 11.1 Å². The molecule has 0 radical (unpaired) electrons. The number of benzene rings is 1. The predicted octanol–water partition coefficient (Wildman–Crippen LogP) is 0.709. The minimum Gasteiger partial charge on any atom is -0.372 e. The van der Waals surface area contributed by atoms with E-state index in [1.807, 2.05) is 18.9 Å². The van der Waals surface area contributed by atoms with Gasteiger partial charge in [0.2, 0.25) is 5.91 Å². The molecule has 0 spiro atoms. The van der Waals surface area contributed by atoms with Crippen LogP contribution in [0.3, 0.4) is 0 Å². The maximum absolute atomic E-state index is 12.3. The molecule has 0 saturated carbocycles. The molecule has 0 aromatic heterocycles. The fourth-order valence-electron chi connectivity index (χ4n) is 2.57. The third-order valence-corrected chi connectivity index (χ3v) is 4.26. The average Bonchev–Trinajstić information content (AvgIpc) is 2.86. The maximum Gasteiger partial charge on any atom is 0.261 e. The Bertz CT molecular complexity index is 612. The van der Waals surface area contributed by atoms with Gasteiger partial charge in [0.1, 0.15) is 6.61 Å². The first-order chi connectivity index (χ1) is 12.0. The summed E-state index contributed by atoms with van der Waals surface area (Å²) in [6, 6.07) is 6.87. The number of fused-ring (bicyclic) bond motifs is 1. The summed E-state index contributed by atoms with van der Waals surface area (Å²) in [6.07, 6.45) is 0. The van der Waals surface area contributed by atoms with Gasteiger partial charge in [-0.3, -0.25) is 19.3 Å². The molecule has 0 saturated heterocycles. The van der Waals surface area contributed by atoms with Crippen molar-refractivity contribution in [2.45, 2.75) is 6.92 Å². The summed E-state index contributed by atoms with van der Waals surface area (Å²) in [6.45, 7) is 4.55. The number of carbonyl (C=O) groups is 3. The Morgan fingerprint density at radius 3 is 2.20 bits per heavy atom. The van der Waals surface area contributed by atoms with Crippen LogP contribution in [0.15, 0.2) is 24.3 Å². The summed E-state index contributed by atoms with van der Waals surface area (Å²) >= 11 is 0. The zero-order chi connectivity index (χ0) is 18.4. The van der Waals surface area contributed by atoms with Crippen LogP contribution in [0.4, 0.5) is 0 Å². The van der Waals surface area contributed by atoms with Gasteiger partial charge in [-0.1, -0.05) is 12.1 Å². The van der Waals surface area contributed by atoms with Crippen LogP contribution in [0.5, 0.6) is 0 Å². The molecule has 1 aromatic carbocycles. The van der Waals surface area contributed by atoms with Crippen LogP contribution in [-0.2, 0) is 9.53 Å². The normalized spacial score (nSPS) is 13.5. The topological polar surface area (TPSA) is 70.2 Å². The van der Waals surface area contributed by atoms with E-state index in [1.165, 1.54) is 4.90 Å². The number of hydrogen-bond donors (Lipinski definition) is 0. The van der Waals surface area contributed by atoms with Crippen molar-refractivity contribution in [3.8, 4) is 0 Å². The standard InChI is InChI=1S/C18H25N3O4/c1-4-25-13-16(22)20(3)11-9-19(2)10-12-21-17(23)14-7-5-6-8-15(14)18(21)24/h5-8H,4,9-13H2,1-3H3. The van der Waals surface area contributed by atoms with E-state index < -0.39 is 0 Å². The Kier molecular flexibility index (Phi) is 6.66. The molecule has 2 rings (SSSR count). The second-order valence-electron chi connectivity index (χ2n) is 6.06. The minimum absolute atomic E-state index is 0.0596. The predicted molar refractivity (Wildman–Crippen MR) is 93.4 cm³/mol. The molecule has 0 bridgehead atoms. The van der Waals surface area contributed by atoms with Crippen LogP contribution in [0.25, 0.3) is 0 Å². The van der Waals surface area contributed by atoms with Crippen LogP contribution in [0.2, 0.25) is 0 Å². The van der Waals surface area contributed by atoms with Crippen molar-refractivity contribution in [2.24, 2.45) is 0 Å². The van der Waals surface area contributed by atoms with Crippen molar-refractivity contribution in [3.63, 3.8) is 0 Å². The molecule has 0 N–H and O–H groups in total. The lowest BCUT2D eigenvalue weighted by atomic mass is 10.1. The molecule has 1 aliphatic rings. The summed E-state index contributed by atoms with van der Waals surface area (Å²) in [7, 11) is 3.64. The number of amides is 3. The Morgan fingerprint density at radius 2 is 1.64 bits per heavy atom. The molecule has 0 fully saturated rings. The van der Waals surface area contributed by atoms with Crippen molar-refractivity contribution in [1.29, 1.82) is 0 Å². The number of rotatable bonds is 9. The maximum atomic E-state index is 12.3. The monoisotopic (exact) mass is 347 g/mol. The summed E-state index contributed by atoms with van der Waals surface area (Å²) in [5.74, 6) is -0.536. The Balaban J connectivity index is 1.77. The lowest BCUT2D eigenvalue weighted by Crippen LogP contribution is -2.40. The lowest BCUT2D eigenvalue weighted by Gasteiger charge is -2.23. The minimum atomic E-state index is -0.238. The van der Waals surface area contributed by atoms with E-state index in [-0.39, 0.29) is 24.3 Å². The third kappa shape index (κ3) is 4.64. The summed E-state index contributed by atoms with van der Waals surface area (Å²) in [5, 5.41) is 0. The first kappa shape index (κ1) is 19.1. The highest BCUT2D eigenvalue weighted by atomic mass is 16.5. The van der Waals surface area contributed by atoms with Crippen molar-refractivity contribution in [3.05, 3.63) is 35.4 Å². The third-order valence-electron chi connectivity index (χ3n) is 4.26. The Labute approximate surface area is 148 Å². The SMILES string of the molecule is CCOCC(=O)N(C)CCN(C)CCN1C(=O)c2ccccc2C1=O. The molecule has 7 heteroatoms. The van der Waals surface area contributed by atoms with Crippen molar-refractivity contribution < 1.29 is 19.1 Å². The van der Waals surface area contributed by atoms with E-state index in [1.54, 1.807) is 36.2 Å². The summed E-state index contributed by atoms with van der Waals surface area (Å²) in [5.41, 5.74) is 0.938. The second-order valence-corrected chi connectivity index (χ2v) is 6.06. The van der Waals surface area contributed by atoms with Crippen LogP contribution >= 0.6 is 0 Å².